The lowest BCUT2D eigenvalue weighted by atomic mass is 10.1. The lowest BCUT2D eigenvalue weighted by Crippen LogP contribution is -2.36. The standard InChI is InChI=1S/C14H17N3O/c1-17-7-6-13(14(17)18)16-9-10-8-15-12-5-3-2-4-11(10)12/h2-5,8,13,15-16H,6-7,9H2,1H3. The summed E-state index contributed by atoms with van der Waals surface area (Å²) in [6.45, 7) is 1.58. The number of benzene rings is 1. The monoisotopic (exact) mass is 243 g/mol. The average Bonchev–Trinajstić information content (AvgIpc) is 2.94. The van der Waals surface area contributed by atoms with Crippen LogP contribution in [0.1, 0.15) is 12.0 Å². The number of H-pyrrole nitrogens is 1. The molecule has 1 fully saturated rings. The lowest BCUT2D eigenvalue weighted by molar-refractivity contribution is -0.128. The first-order valence-corrected chi connectivity index (χ1v) is 6.29. The lowest BCUT2D eigenvalue weighted by Gasteiger charge is -2.11. The molecule has 2 heterocycles. The van der Waals surface area contributed by atoms with E-state index in [-0.39, 0.29) is 11.9 Å². The number of amides is 1. The summed E-state index contributed by atoms with van der Waals surface area (Å²) in [5, 5.41) is 4.57. The van der Waals surface area contributed by atoms with E-state index in [1.807, 2.05) is 25.4 Å². The van der Waals surface area contributed by atoms with Crippen molar-refractivity contribution in [1.29, 1.82) is 0 Å². The number of aromatic amines is 1. The second kappa shape index (κ2) is 4.46. The second-order valence-corrected chi connectivity index (χ2v) is 4.84. The van der Waals surface area contributed by atoms with Gasteiger partial charge in [-0.05, 0) is 18.1 Å². The zero-order valence-corrected chi connectivity index (χ0v) is 10.4. The Labute approximate surface area is 106 Å². The number of hydrogen-bond donors (Lipinski definition) is 2. The summed E-state index contributed by atoms with van der Waals surface area (Å²) in [6.07, 6.45) is 2.92. The fourth-order valence-electron chi connectivity index (χ4n) is 2.52. The van der Waals surface area contributed by atoms with E-state index in [1.54, 1.807) is 4.90 Å². The van der Waals surface area contributed by atoms with Crippen LogP contribution < -0.4 is 5.32 Å². The van der Waals surface area contributed by atoms with Crippen molar-refractivity contribution in [3.8, 4) is 0 Å². The molecule has 1 saturated heterocycles. The van der Waals surface area contributed by atoms with Crippen LogP contribution >= 0.6 is 0 Å². The molecule has 0 spiro atoms. The summed E-state index contributed by atoms with van der Waals surface area (Å²) in [6, 6.07) is 8.20. The van der Waals surface area contributed by atoms with E-state index in [4.69, 9.17) is 0 Å². The van der Waals surface area contributed by atoms with E-state index < -0.39 is 0 Å². The third-order valence-corrected chi connectivity index (χ3v) is 3.64. The number of fused-ring (bicyclic) bond motifs is 1. The van der Waals surface area contributed by atoms with Crippen LogP contribution in [0.4, 0.5) is 0 Å². The van der Waals surface area contributed by atoms with Gasteiger partial charge in [0.1, 0.15) is 0 Å². The van der Waals surface area contributed by atoms with Crippen molar-refractivity contribution >= 4 is 16.8 Å². The number of nitrogens with one attached hydrogen (secondary N) is 2. The summed E-state index contributed by atoms with van der Waals surface area (Å²) in [7, 11) is 1.86. The highest BCUT2D eigenvalue weighted by Crippen LogP contribution is 2.18. The Morgan fingerprint density at radius 3 is 3.06 bits per heavy atom. The number of hydrogen-bond acceptors (Lipinski definition) is 2. The Morgan fingerprint density at radius 1 is 1.44 bits per heavy atom. The molecule has 1 aromatic carbocycles. The molecule has 1 aliphatic heterocycles. The molecule has 0 radical (unpaired) electrons. The van der Waals surface area contributed by atoms with Crippen molar-refractivity contribution in [1.82, 2.24) is 15.2 Å². The van der Waals surface area contributed by atoms with E-state index in [0.29, 0.717) is 0 Å². The predicted octanol–water partition coefficient (Wildman–Crippen LogP) is 1.49. The third kappa shape index (κ3) is 1.88. The maximum absolute atomic E-state index is 11.8. The first-order chi connectivity index (χ1) is 8.75. The van der Waals surface area contributed by atoms with Crippen LogP contribution in [0.25, 0.3) is 10.9 Å². The first-order valence-electron chi connectivity index (χ1n) is 6.29. The fourth-order valence-corrected chi connectivity index (χ4v) is 2.52. The largest absolute Gasteiger partial charge is 0.361 e. The zero-order valence-electron chi connectivity index (χ0n) is 10.4. The minimum Gasteiger partial charge on any atom is -0.361 e. The Bertz CT molecular complexity index is 575. The highest BCUT2D eigenvalue weighted by atomic mass is 16.2. The van der Waals surface area contributed by atoms with Gasteiger partial charge in [-0.3, -0.25) is 4.79 Å². The fraction of sp³-hybridized carbons (Fsp3) is 0.357. The molecule has 18 heavy (non-hydrogen) atoms. The van der Waals surface area contributed by atoms with Crippen molar-refractivity contribution in [2.24, 2.45) is 0 Å². The number of likely N-dealkylation sites (N-methyl/N-ethyl adjacent to an activating group) is 1. The average molecular weight is 243 g/mol. The second-order valence-electron chi connectivity index (χ2n) is 4.84. The van der Waals surface area contributed by atoms with Gasteiger partial charge in [0.25, 0.3) is 0 Å². The number of aromatic nitrogens is 1. The van der Waals surface area contributed by atoms with Crippen molar-refractivity contribution in [2.75, 3.05) is 13.6 Å². The van der Waals surface area contributed by atoms with Crippen LogP contribution in [0.3, 0.4) is 0 Å². The molecule has 2 N–H and O–H groups in total. The quantitative estimate of drug-likeness (QED) is 0.858. The normalized spacial score (nSPS) is 19.9. The van der Waals surface area contributed by atoms with Crippen LogP contribution in [0, 0.1) is 0 Å². The molecule has 4 heteroatoms. The van der Waals surface area contributed by atoms with Gasteiger partial charge in [0.2, 0.25) is 5.91 Å². The number of likely N-dealkylation sites (tertiary alicyclic amines) is 1. The van der Waals surface area contributed by atoms with E-state index in [1.165, 1.54) is 10.9 Å². The van der Waals surface area contributed by atoms with Gasteiger partial charge in [-0.1, -0.05) is 18.2 Å². The highest BCUT2D eigenvalue weighted by molar-refractivity contribution is 5.84. The summed E-state index contributed by atoms with van der Waals surface area (Å²) in [5.41, 5.74) is 2.36. The molecule has 0 aliphatic carbocycles. The number of carbonyl (C=O) groups is 1. The van der Waals surface area contributed by atoms with Crippen molar-refractivity contribution in [3.63, 3.8) is 0 Å². The molecule has 0 bridgehead atoms. The van der Waals surface area contributed by atoms with Crippen molar-refractivity contribution in [3.05, 3.63) is 36.0 Å². The smallest absolute Gasteiger partial charge is 0.239 e. The van der Waals surface area contributed by atoms with E-state index in [9.17, 15) is 4.79 Å². The molecule has 4 nitrogen and oxygen atoms in total. The van der Waals surface area contributed by atoms with E-state index in [2.05, 4.69) is 22.4 Å². The summed E-state index contributed by atoms with van der Waals surface area (Å²) >= 11 is 0. The summed E-state index contributed by atoms with van der Waals surface area (Å²) in [4.78, 5) is 16.8. The van der Waals surface area contributed by atoms with Crippen molar-refractivity contribution in [2.45, 2.75) is 19.0 Å². The van der Waals surface area contributed by atoms with Gasteiger partial charge in [-0.15, -0.1) is 0 Å². The first kappa shape index (κ1) is 11.3. The number of para-hydroxylation sites is 1. The number of carbonyl (C=O) groups excluding carboxylic acids is 1. The Balaban J connectivity index is 1.72. The molecule has 1 atom stereocenters. The van der Waals surface area contributed by atoms with Gasteiger partial charge in [-0.25, -0.2) is 0 Å². The molecule has 1 amide bonds. The molecule has 0 saturated carbocycles. The van der Waals surface area contributed by atoms with Gasteiger partial charge in [0.15, 0.2) is 0 Å². The molecule has 1 aromatic heterocycles. The van der Waals surface area contributed by atoms with Crippen LogP contribution in [-0.4, -0.2) is 35.4 Å². The molecular formula is C14H17N3O. The van der Waals surface area contributed by atoms with Crippen LogP contribution in [0.15, 0.2) is 30.5 Å². The predicted molar refractivity (Wildman–Crippen MR) is 71.2 cm³/mol. The van der Waals surface area contributed by atoms with Gasteiger partial charge < -0.3 is 15.2 Å². The summed E-state index contributed by atoms with van der Waals surface area (Å²) in [5.74, 6) is 0.204. The van der Waals surface area contributed by atoms with Gasteiger partial charge in [0.05, 0.1) is 6.04 Å². The molecular weight excluding hydrogens is 226 g/mol. The minimum absolute atomic E-state index is 0.0244. The van der Waals surface area contributed by atoms with Crippen LogP contribution in [0.5, 0.6) is 0 Å². The highest BCUT2D eigenvalue weighted by Gasteiger charge is 2.28. The molecule has 1 aliphatic rings. The molecule has 1 unspecified atom stereocenters. The van der Waals surface area contributed by atoms with Gasteiger partial charge in [0, 0.05) is 37.2 Å². The zero-order chi connectivity index (χ0) is 12.5. The Kier molecular flexibility index (Phi) is 2.80. The molecule has 94 valence electrons. The molecule has 2 aromatic rings. The maximum atomic E-state index is 11.8. The number of rotatable bonds is 3. The Morgan fingerprint density at radius 2 is 2.28 bits per heavy atom. The summed E-state index contributed by atoms with van der Waals surface area (Å²) < 4.78 is 0. The van der Waals surface area contributed by atoms with E-state index >= 15 is 0 Å². The topological polar surface area (TPSA) is 48.1 Å². The van der Waals surface area contributed by atoms with Gasteiger partial charge >= 0.3 is 0 Å². The van der Waals surface area contributed by atoms with E-state index in [0.717, 1.165) is 25.0 Å². The van der Waals surface area contributed by atoms with Crippen LogP contribution in [-0.2, 0) is 11.3 Å². The third-order valence-electron chi connectivity index (χ3n) is 3.64. The maximum Gasteiger partial charge on any atom is 0.239 e. The minimum atomic E-state index is -0.0244. The van der Waals surface area contributed by atoms with Crippen LogP contribution in [0.2, 0.25) is 0 Å². The Hall–Kier alpha value is -1.81. The molecule has 3 rings (SSSR count). The number of nitrogens with zero attached hydrogens (tertiary/aromatic N) is 1. The van der Waals surface area contributed by atoms with Gasteiger partial charge in [-0.2, -0.15) is 0 Å². The van der Waals surface area contributed by atoms with Crippen molar-refractivity contribution < 1.29 is 4.79 Å². The SMILES string of the molecule is CN1CCC(NCc2c[nH]c3ccccc23)C1=O.